The van der Waals surface area contributed by atoms with Gasteiger partial charge in [-0.15, -0.1) is 0 Å². The van der Waals surface area contributed by atoms with E-state index in [9.17, 15) is 17.6 Å². The van der Waals surface area contributed by atoms with E-state index in [-0.39, 0.29) is 16.1 Å². The minimum atomic E-state index is -4.20. The second-order valence-electron chi connectivity index (χ2n) is 5.16. The van der Waals surface area contributed by atoms with Crippen LogP contribution in [-0.4, -0.2) is 19.5 Å². The van der Waals surface area contributed by atoms with Crippen LogP contribution in [0.3, 0.4) is 0 Å². The number of halogens is 1. The Kier molecular flexibility index (Phi) is 5.35. The van der Waals surface area contributed by atoms with E-state index in [4.69, 9.17) is 10.4 Å². The molecular weight excluding hydrogens is 367 g/mol. The molecule has 0 aliphatic rings. The van der Waals surface area contributed by atoms with Gasteiger partial charge in [-0.05, 0) is 67.1 Å². The van der Waals surface area contributed by atoms with Gasteiger partial charge in [-0.25, -0.2) is 17.6 Å². The molecule has 25 heavy (non-hydrogen) atoms. The maximum absolute atomic E-state index is 14.1. The number of aryl methyl sites for hydroxylation is 1. The summed E-state index contributed by atoms with van der Waals surface area (Å²) >= 11 is 0.745. The number of thiocyanates is 1. The predicted molar refractivity (Wildman–Crippen MR) is 91.6 cm³/mol. The number of rotatable bonds is 5. The van der Waals surface area contributed by atoms with Crippen molar-refractivity contribution in [1.29, 1.82) is 5.26 Å². The summed E-state index contributed by atoms with van der Waals surface area (Å²) in [7, 11) is -4.20. The molecule has 0 aliphatic heterocycles. The van der Waals surface area contributed by atoms with Crippen LogP contribution >= 0.6 is 11.8 Å². The van der Waals surface area contributed by atoms with Crippen molar-refractivity contribution in [3.8, 4) is 5.40 Å². The molecule has 0 radical (unpaired) electrons. The number of carboxylic acids is 1. The third-order valence-electron chi connectivity index (χ3n) is 3.50. The molecule has 0 fully saturated rings. The largest absolute Gasteiger partial charge is 0.478 e. The zero-order chi connectivity index (χ0) is 18.8. The highest BCUT2D eigenvalue weighted by Gasteiger charge is 2.22. The molecule has 0 saturated heterocycles. The van der Waals surface area contributed by atoms with Crippen molar-refractivity contribution < 1.29 is 22.7 Å². The standard InChI is InChI=1S/C16H13FN2O4S2/c1-9-5-11(16(20)21)6-15(10(9)2)25(22,23)19-14-4-3-12(24-8-18)7-13(14)17/h3-7,19H,1-2H3,(H,20,21). The van der Waals surface area contributed by atoms with Gasteiger partial charge in [0.15, 0.2) is 0 Å². The van der Waals surface area contributed by atoms with Crippen LogP contribution in [0, 0.1) is 30.3 Å². The molecule has 2 aromatic rings. The topological polar surface area (TPSA) is 107 Å². The Morgan fingerprint density at radius 2 is 1.96 bits per heavy atom. The van der Waals surface area contributed by atoms with Gasteiger partial charge in [-0.1, -0.05) is 0 Å². The lowest BCUT2D eigenvalue weighted by Crippen LogP contribution is -2.16. The summed E-state index contributed by atoms with van der Waals surface area (Å²) in [5.41, 5.74) is 0.390. The number of carboxylic acid groups (broad SMARTS) is 1. The van der Waals surface area contributed by atoms with E-state index < -0.39 is 21.8 Å². The maximum atomic E-state index is 14.1. The number of aromatic carboxylic acids is 1. The first-order valence-electron chi connectivity index (χ1n) is 6.88. The first-order valence-corrected chi connectivity index (χ1v) is 9.18. The smallest absolute Gasteiger partial charge is 0.335 e. The Morgan fingerprint density at radius 1 is 1.28 bits per heavy atom. The van der Waals surface area contributed by atoms with Crippen LogP contribution in [0.1, 0.15) is 21.5 Å². The maximum Gasteiger partial charge on any atom is 0.335 e. The van der Waals surface area contributed by atoms with Crippen LogP contribution in [0.2, 0.25) is 0 Å². The van der Waals surface area contributed by atoms with Gasteiger partial charge >= 0.3 is 5.97 Å². The summed E-state index contributed by atoms with van der Waals surface area (Å²) in [5.74, 6) is -2.10. The predicted octanol–water partition coefficient (Wildman–Crippen LogP) is 3.51. The highest BCUT2D eigenvalue weighted by atomic mass is 32.2. The van der Waals surface area contributed by atoms with Crippen molar-refractivity contribution in [2.75, 3.05) is 4.72 Å². The van der Waals surface area contributed by atoms with Crippen molar-refractivity contribution in [3.63, 3.8) is 0 Å². The molecule has 9 heteroatoms. The highest BCUT2D eigenvalue weighted by molar-refractivity contribution is 8.03. The molecule has 0 heterocycles. The van der Waals surface area contributed by atoms with Gasteiger partial charge in [0.1, 0.15) is 11.2 Å². The fourth-order valence-electron chi connectivity index (χ4n) is 2.12. The average Bonchev–Trinajstić information content (AvgIpc) is 2.52. The molecule has 0 atom stereocenters. The molecular formula is C16H13FN2O4S2. The Hall–Kier alpha value is -2.57. The Balaban J connectivity index is 2.47. The van der Waals surface area contributed by atoms with E-state index in [1.54, 1.807) is 19.2 Å². The second-order valence-corrected chi connectivity index (χ2v) is 7.67. The lowest BCUT2D eigenvalue weighted by molar-refractivity contribution is 0.0696. The van der Waals surface area contributed by atoms with Gasteiger partial charge < -0.3 is 5.11 Å². The van der Waals surface area contributed by atoms with Crippen LogP contribution in [0.25, 0.3) is 0 Å². The summed E-state index contributed by atoms with van der Waals surface area (Å²) < 4.78 is 41.3. The third-order valence-corrected chi connectivity index (χ3v) is 5.58. The zero-order valence-corrected chi connectivity index (χ0v) is 14.8. The van der Waals surface area contributed by atoms with Crippen LogP contribution in [-0.2, 0) is 10.0 Å². The fourth-order valence-corrected chi connectivity index (χ4v) is 3.94. The van der Waals surface area contributed by atoms with Crippen molar-refractivity contribution in [2.45, 2.75) is 23.6 Å². The Bertz CT molecular complexity index is 998. The minimum absolute atomic E-state index is 0.176. The van der Waals surface area contributed by atoms with Crippen molar-refractivity contribution in [2.24, 2.45) is 0 Å². The van der Waals surface area contributed by atoms with Crippen LogP contribution in [0.4, 0.5) is 10.1 Å². The number of nitriles is 1. The lowest BCUT2D eigenvalue weighted by Gasteiger charge is -2.14. The SMILES string of the molecule is Cc1cc(C(=O)O)cc(S(=O)(=O)Nc2ccc(SC#N)cc2F)c1C. The first kappa shape index (κ1) is 18.8. The van der Waals surface area contributed by atoms with Gasteiger partial charge in [0.2, 0.25) is 0 Å². The number of nitrogens with one attached hydrogen (secondary N) is 1. The van der Waals surface area contributed by atoms with Gasteiger partial charge in [0.25, 0.3) is 10.0 Å². The van der Waals surface area contributed by atoms with E-state index in [0.717, 1.165) is 23.9 Å². The number of hydrogen-bond acceptors (Lipinski definition) is 5. The number of thioether (sulfide) groups is 1. The van der Waals surface area contributed by atoms with Crippen LogP contribution in [0.15, 0.2) is 40.1 Å². The second kappa shape index (κ2) is 7.13. The summed E-state index contributed by atoms with van der Waals surface area (Å²) in [6, 6.07) is 6.05. The average molecular weight is 380 g/mol. The Labute approximate surface area is 148 Å². The molecule has 2 rings (SSSR count). The summed E-state index contributed by atoms with van der Waals surface area (Å²) in [5, 5.41) is 19.5. The van der Waals surface area contributed by atoms with E-state index in [2.05, 4.69) is 4.72 Å². The number of carbonyl (C=O) groups is 1. The summed E-state index contributed by atoms with van der Waals surface area (Å²) in [4.78, 5) is 11.3. The molecule has 0 aromatic heterocycles. The van der Waals surface area contributed by atoms with Crippen LogP contribution in [0.5, 0.6) is 0 Å². The van der Waals surface area contributed by atoms with Gasteiger partial charge in [-0.3, -0.25) is 4.72 Å². The van der Waals surface area contributed by atoms with Gasteiger partial charge in [0.05, 0.1) is 16.1 Å². The lowest BCUT2D eigenvalue weighted by atomic mass is 10.1. The van der Waals surface area contributed by atoms with Gasteiger partial charge in [-0.2, -0.15) is 5.26 Å². The quantitative estimate of drug-likeness (QED) is 0.607. The monoisotopic (exact) mass is 380 g/mol. The number of nitrogens with zero attached hydrogens (tertiary/aromatic N) is 1. The number of hydrogen-bond donors (Lipinski definition) is 2. The molecule has 6 nitrogen and oxygen atoms in total. The normalized spacial score (nSPS) is 11.0. The van der Waals surface area contributed by atoms with E-state index >= 15 is 0 Å². The zero-order valence-electron chi connectivity index (χ0n) is 13.2. The fraction of sp³-hybridized carbons (Fsp3) is 0.125. The third kappa shape index (κ3) is 4.10. The number of sulfonamides is 1. The molecule has 130 valence electrons. The van der Waals surface area contributed by atoms with Crippen molar-refractivity contribution >= 4 is 33.4 Å². The summed E-state index contributed by atoms with van der Waals surface area (Å²) in [6.07, 6.45) is 0. The molecule has 0 bridgehead atoms. The number of benzene rings is 2. The Morgan fingerprint density at radius 3 is 2.52 bits per heavy atom. The first-order chi connectivity index (χ1) is 11.7. The molecule has 0 unspecified atom stereocenters. The van der Waals surface area contributed by atoms with E-state index in [1.165, 1.54) is 18.2 Å². The highest BCUT2D eigenvalue weighted by Crippen LogP contribution is 2.27. The molecule has 0 spiro atoms. The van der Waals surface area contributed by atoms with Crippen molar-refractivity contribution in [1.82, 2.24) is 0 Å². The number of anilines is 1. The van der Waals surface area contributed by atoms with E-state index in [1.807, 2.05) is 0 Å². The van der Waals surface area contributed by atoms with Gasteiger partial charge in [0, 0.05) is 4.90 Å². The molecule has 0 amide bonds. The summed E-state index contributed by atoms with van der Waals surface area (Å²) in [6.45, 7) is 3.13. The molecule has 2 aromatic carbocycles. The molecule has 0 saturated carbocycles. The molecule has 0 aliphatic carbocycles. The van der Waals surface area contributed by atoms with E-state index in [0.29, 0.717) is 16.0 Å². The molecule has 2 N–H and O–H groups in total. The minimum Gasteiger partial charge on any atom is -0.478 e. The van der Waals surface area contributed by atoms with Crippen LogP contribution < -0.4 is 4.72 Å². The van der Waals surface area contributed by atoms with Crippen molar-refractivity contribution in [3.05, 3.63) is 52.8 Å².